The first-order chi connectivity index (χ1) is 37.5. The van der Waals surface area contributed by atoms with Crippen molar-refractivity contribution in [2.75, 3.05) is 68.3 Å². The second-order valence-corrected chi connectivity index (χ2v) is 21.2. The van der Waals surface area contributed by atoms with Gasteiger partial charge >= 0.3 is 11.9 Å². The standard InChI is InChI=1S/C57H97N7O15/c1-15-37(7)51(63(11)56(72)50(36(5)6)62-55(71)49(58-10)35(3)4)44(74-12)32-46(67)64-29-21-25-43(64)52(76-14)38(8)53(69)61-42(31-40-23-18-17-19-24-40)54(70)59-28-22-30-77-57(73)39(9)60-45(66)26-20-27-47(68)78-34-48(75-13)79-41(16-2)33-65/h17-19,23-24,35-39,41-44,48-52,58,65H,15-16,20-22,25-34H2,1-14H3,(H,59,70)(H,60,66)(H,61,69)(H,62,71)/t37-,38+,39-,41?,42-,43-,44?,48?,49-,50-,51-,52+/m0/s1. The Morgan fingerprint density at radius 2 is 1.46 bits per heavy atom. The van der Waals surface area contributed by atoms with Gasteiger partial charge in [-0.3, -0.25) is 33.6 Å². The lowest BCUT2D eigenvalue weighted by Gasteiger charge is -2.41. The van der Waals surface area contributed by atoms with E-state index in [9.17, 15) is 43.5 Å². The minimum atomic E-state index is -0.999. The van der Waals surface area contributed by atoms with Crippen molar-refractivity contribution < 1.29 is 71.9 Å². The van der Waals surface area contributed by atoms with Crippen LogP contribution < -0.4 is 26.6 Å². The summed E-state index contributed by atoms with van der Waals surface area (Å²) in [4.78, 5) is 111. The number of aliphatic hydroxyl groups excluding tert-OH is 1. The molecular weight excluding hydrogens is 1020 g/mol. The third-order valence-electron chi connectivity index (χ3n) is 14.7. The molecule has 1 aliphatic rings. The summed E-state index contributed by atoms with van der Waals surface area (Å²) >= 11 is 0. The topological polar surface area (TPSA) is 279 Å². The predicted molar refractivity (Wildman–Crippen MR) is 297 cm³/mol. The molecule has 1 aromatic rings. The van der Waals surface area contributed by atoms with Gasteiger partial charge in [-0.05, 0) is 69.4 Å². The quantitative estimate of drug-likeness (QED) is 0.0315. The Morgan fingerprint density at radius 1 is 0.785 bits per heavy atom. The van der Waals surface area contributed by atoms with Crippen LogP contribution in [0.3, 0.4) is 0 Å². The first-order valence-corrected chi connectivity index (χ1v) is 28.2. The smallest absolute Gasteiger partial charge is 0.328 e. The van der Waals surface area contributed by atoms with E-state index in [2.05, 4.69) is 26.6 Å². The Morgan fingerprint density at radius 3 is 2.03 bits per heavy atom. The molecule has 0 saturated carbocycles. The number of methoxy groups -OCH3 is 3. The number of esters is 2. The maximum Gasteiger partial charge on any atom is 0.328 e. The summed E-state index contributed by atoms with van der Waals surface area (Å²) in [5, 5.41) is 23.7. The Labute approximate surface area is 469 Å². The van der Waals surface area contributed by atoms with Gasteiger partial charge in [-0.2, -0.15) is 0 Å². The number of hydrogen-bond acceptors (Lipinski definition) is 16. The number of likely N-dealkylation sites (tertiary alicyclic amines) is 1. The van der Waals surface area contributed by atoms with Gasteiger partial charge in [0.2, 0.25) is 35.4 Å². The fraction of sp³-hybridized carbons (Fsp3) is 0.754. The lowest BCUT2D eigenvalue weighted by atomic mass is 9.89. The van der Waals surface area contributed by atoms with Gasteiger partial charge in [0, 0.05) is 60.7 Å². The molecule has 1 saturated heterocycles. The number of aliphatic hydroxyl groups is 1. The largest absolute Gasteiger partial charge is 0.464 e. The lowest BCUT2D eigenvalue weighted by molar-refractivity contribution is -0.194. The third-order valence-corrected chi connectivity index (χ3v) is 14.7. The molecule has 2 rings (SSSR count). The minimum Gasteiger partial charge on any atom is -0.464 e. The molecule has 22 heteroatoms. The van der Waals surface area contributed by atoms with Gasteiger partial charge < -0.3 is 69.9 Å². The molecule has 3 unspecified atom stereocenters. The van der Waals surface area contributed by atoms with E-state index in [1.54, 1.807) is 30.8 Å². The Bertz CT molecular complexity index is 2030. The Balaban J connectivity index is 2.06. The summed E-state index contributed by atoms with van der Waals surface area (Å²) < 4.78 is 33.3. The van der Waals surface area contributed by atoms with E-state index >= 15 is 0 Å². The highest BCUT2D eigenvalue weighted by molar-refractivity contribution is 5.91. The lowest BCUT2D eigenvalue weighted by Crippen LogP contribution is -2.59. The van der Waals surface area contributed by atoms with Gasteiger partial charge in [-0.25, -0.2) is 4.79 Å². The number of carbonyl (C=O) groups is 8. The minimum absolute atomic E-state index is 0.00897. The van der Waals surface area contributed by atoms with Crippen LogP contribution in [-0.2, 0) is 73.2 Å². The number of benzene rings is 1. The number of amides is 6. The normalized spacial score (nSPS) is 17.7. The molecule has 1 aromatic carbocycles. The molecule has 0 spiro atoms. The number of ether oxygens (including phenoxy) is 6. The van der Waals surface area contributed by atoms with Crippen LogP contribution >= 0.6 is 0 Å². The van der Waals surface area contributed by atoms with Gasteiger partial charge in [0.15, 0.2) is 6.29 Å². The van der Waals surface area contributed by atoms with Gasteiger partial charge in [0.1, 0.15) is 24.7 Å². The number of carbonyl (C=O) groups excluding carboxylic acids is 8. The summed E-state index contributed by atoms with van der Waals surface area (Å²) in [5.41, 5.74) is 0.802. The zero-order valence-electron chi connectivity index (χ0n) is 49.6. The molecule has 12 atom stereocenters. The van der Waals surface area contributed by atoms with E-state index in [1.165, 1.54) is 28.3 Å². The van der Waals surface area contributed by atoms with Crippen LogP contribution in [0.1, 0.15) is 126 Å². The van der Waals surface area contributed by atoms with Crippen molar-refractivity contribution in [3.63, 3.8) is 0 Å². The summed E-state index contributed by atoms with van der Waals surface area (Å²) in [6, 6.07) is 4.92. The molecule has 6 amide bonds. The predicted octanol–water partition coefficient (Wildman–Crippen LogP) is 3.05. The van der Waals surface area contributed by atoms with Crippen molar-refractivity contribution in [1.82, 2.24) is 36.4 Å². The molecule has 1 heterocycles. The summed E-state index contributed by atoms with van der Waals surface area (Å²) in [7, 11) is 7.82. The average Bonchev–Trinajstić information content (AvgIpc) is 3.92. The van der Waals surface area contributed by atoms with Crippen LogP contribution in [0.4, 0.5) is 0 Å². The van der Waals surface area contributed by atoms with Crippen molar-refractivity contribution in [2.24, 2.45) is 23.7 Å². The van der Waals surface area contributed by atoms with Crippen molar-refractivity contribution >= 4 is 47.4 Å². The van der Waals surface area contributed by atoms with Gasteiger partial charge in [-0.1, -0.05) is 92.1 Å². The van der Waals surface area contributed by atoms with Crippen LogP contribution in [0.15, 0.2) is 30.3 Å². The molecular formula is C57H97N7O15. The van der Waals surface area contributed by atoms with Crippen LogP contribution in [-0.4, -0.2) is 191 Å². The highest BCUT2D eigenvalue weighted by Crippen LogP contribution is 2.30. The molecule has 0 aliphatic carbocycles. The maximum atomic E-state index is 14.5. The first-order valence-electron chi connectivity index (χ1n) is 28.2. The average molecular weight is 1120 g/mol. The number of hydrogen-bond donors (Lipinski definition) is 6. The van der Waals surface area contributed by atoms with Crippen LogP contribution in [0.2, 0.25) is 0 Å². The van der Waals surface area contributed by atoms with E-state index in [0.29, 0.717) is 32.2 Å². The molecule has 0 radical (unpaired) electrons. The van der Waals surface area contributed by atoms with E-state index in [1.807, 2.05) is 78.8 Å². The molecule has 0 bridgehead atoms. The fourth-order valence-electron chi connectivity index (χ4n) is 9.76. The molecule has 1 fully saturated rings. The second-order valence-electron chi connectivity index (χ2n) is 21.2. The zero-order chi connectivity index (χ0) is 59.4. The fourth-order valence-corrected chi connectivity index (χ4v) is 9.76. The zero-order valence-corrected chi connectivity index (χ0v) is 49.6. The second kappa shape index (κ2) is 36.9. The highest BCUT2D eigenvalue weighted by atomic mass is 16.7. The molecule has 79 heavy (non-hydrogen) atoms. The van der Waals surface area contributed by atoms with E-state index in [4.69, 9.17) is 28.4 Å². The van der Waals surface area contributed by atoms with E-state index in [-0.39, 0.29) is 100 Å². The van der Waals surface area contributed by atoms with Crippen LogP contribution in [0, 0.1) is 23.7 Å². The van der Waals surface area contributed by atoms with Crippen molar-refractivity contribution in [2.45, 2.75) is 187 Å². The first kappa shape index (κ1) is 69.8. The Hall–Kier alpha value is -5.26. The van der Waals surface area contributed by atoms with Gasteiger partial charge in [-0.15, -0.1) is 0 Å². The number of nitrogens with one attached hydrogen (secondary N) is 5. The number of rotatable bonds is 38. The summed E-state index contributed by atoms with van der Waals surface area (Å²) in [5.74, 6) is -4.54. The van der Waals surface area contributed by atoms with Crippen LogP contribution in [0.25, 0.3) is 0 Å². The number of nitrogens with zero attached hydrogens (tertiary/aromatic N) is 2. The van der Waals surface area contributed by atoms with E-state index < -0.39 is 96.4 Å². The monoisotopic (exact) mass is 1120 g/mol. The van der Waals surface area contributed by atoms with Crippen molar-refractivity contribution in [1.29, 1.82) is 0 Å². The van der Waals surface area contributed by atoms with Gasteiger partial charge in [0.05, 0.1) is 62.0 Å². The third kappa shape index (κ3) is 23.0. The van der Waals surface area contributed by atoms with Crippen molar-refractivity contribution in [3.05, 3.63) is 35.9 Å². The molecule has 450 valence electrons. The van der Waals surface area contributed by atoms with Crippen LogP contribution in [0.5, 0.6) is 0 Å². The van der Waals surface area contributed by atoms with E-state index in [0.717, 1.165) is 5.56 Å². The SMILES string of the molecule is CCC(CO)OC(COC(=O)CCCC(=O)N[C@@H](C)C(=O)OCCCNC(=O)[C@H](Cc1ccccc1)NC(=O)[C@H](C)[C@@H](OC)[C@@H]1CCCN1C(=O)CC(OC)[C@H]([C@@H](C)CC)N(C)C(=O)[C@@H](NC(=O)[C@@H](NC)C(C)C)C(C)C)OC. The van der Waals surface area contributed by atoms with Crippen molar-refractivity contribution in [3.8, 4) is 0 Å². The molecule has 1 aliphatic heterocycles. The van der Waals surface area contributed by atoms with Gasteiger partial charge in [0.25, 0.3) is 0 Å². The summed E-state index contributed by atoms with van der Waals surface area (Å²) in [6.45, 7) is 16.7. The summed E-state index contributed by atoms with van der Waals surface area (Å²) in [6.07, 6.45) is 0.109. The molecule has 6 N–H and O–H groups in total. The molecule has 0 aromatic heterocycles. The maximum absolute atomic E-state index is 14.5. The Kier molecular flexibility index (Phi) is 32.6. The number of likely N-dealkylation sites (N-methyl/N-ethyl adjacent to an activating group) is 2. The molecule has 22 nitrogen and oxygen atoms in total. The highest BCUT2D eigenvalue weighted by Gasteiger charge is 2.43.